The molecule has 0 unspecified atom stereocenters. The van der Waals surface area contributed by atoms with Gasteiger partial charge in [-0.3, -0.25) is 4.79 Å². The Balaban J connectivity index is 1.45. The number of hydrogen-bond acceptors (Lipinski definition) is 4. The van der Waals surface area contributed by atoms with Crippen molar-refractivity contribution in [3.8, 4) is 0 Å². The molecule has 0 amide bonds. The fraction of sp³-hybridized carbons (Fsp3) is 0.688. The molecule has 1 aromatic heterocycles. The molecule has 1 saturated carbocycles. The summed E-state index contributed by atoms with van der Waals surface area (Å²) in [5, 5.41) is 22.9. The molecule has 0 aromatic carbocycles. The van der Waals surface area contributed by atoms with Crippen LogP contribution in [0.5, 0.6) is 0 Å². The zero-order valence-electron chi connectivity index (χ0n) is 12.2. The van der Waals surface area contributed by atoms with Crippen LogP contribution in [0.4, 0.5) is 0 Å². The number of carbonyl (C=O) groups is 1. The van der Waals surface area contributed by atoms with Crippen molar-refractivity contribution in [2.45, 2.75) is 57.1 Å². The van der Waals surface area contributed by atoms with E-state index in [9.17, 15) is 9.90 Å². The molecule has 3 N–H and O–H groups in total. The summed E-state index contributed by atoms with van der Waals surface area (Å²) >= 11 is 1.89. The third kappa shape index (κ3) is 3.47. The first kappa shape index (κ1) is 15.0. The van der Waals surface area contributed by atoms with Crippen LogP contribution in [-0.2, 0) is 24.2 Å². The molecule has 1 fully saturated rings. The van der Waals surface area contributed by atoms with Gasteiger partial charge in [0, 0.05) is 22.8 Å². The second-order valence-electron chi connectivity index (χ2n) is 6.46. The van der Waals surface area contributed by atoms with Crippen LogP contribution in [0.15, 0.2) is 6.07 Å². The number of carboxylic acids is 1. The van der Waals surface area contributed by atoms with E-state index in [2.05, 4.69) is 11.4 Å². The number of thiophene rings is 1. The van der Waals surface area contributed by atoms with Crippen molar-refractivity contribution in [2.75, 3.05) is 6.54 Å². The molecule has 0 bridgehead atoms. The van der Waals surface area contributed by atoms with Crippen LogP contribution in [-0.4, -0.2) is 28.3 Å². The fourth-order valence-electron chi connectivity index (χ4n) is 3.48. The molecule has 21 heavy (non-hydrogen) atoms. The maximum Gasteiger partial charge on any atom is 0.306 e. The van der Waals surface area contributed by atoms with E-state index in [0.717, 1.165) is 6.54 Å². The molecule has 0 saturated heterocycles. The third-order valence-electron chi connectivity index (χ3n) is 4.82. The van der Waals surface area contributed by atoms with E-state index < -0.39 is 11.6 Å². The molecule has 1 heterocycles. The summed E-state index contributed by atoms with van der Waals surface area (Å²) in [4.78, 5) is 13.8. The van der Waals surface area contributed by atoms with Gasteiger partial charge in [-0.25, -0.2) is 0 Å². The predicted molar refractivity (Wildman–Crippen MR) is 82.6 cm³/mol. The quantitative estimate of drug-likeness (QED) is 0.781. The molecule has 2 aliphatic carbocycles. The van der Waals surface area contributed by atoms with Crippen LogP contribution in [0.3, 0.4) is 0 Å². The molecule has 5 heteroatoms. The van der Waals surface area contributed by atoms with Gasteiger partial charge in [-0.15, -0.1) is 11.3 Å². The Bertz CT molecular complexity index is 496. The monoisotopic (exact) mass is 309 g/mol. The van der Waals surface area contributed by atoms with Crippen molar-refractivity contribution in [3.63, 3.8) is 0 Å². The maximum absolute atomic E-state index is 10.9. The van der Waals surface area contributed by atoms with Gasteiger partial charge in [0.25, 0.3) is 0 Å². The highest BCUT2D eigenvalue weighted by molar-refractivity contribution is 7.12. The predicted octanol–water partition coefficient (Wildman–Crippen LogP) is 2.33. The topological polar surface area (TPSA) is 69.6 Å². The zero-order chi connectivity index (χ0) is 14.9. The highest BCUT2D eigenvalue weighted by Gasteiger charge is 2.35. The highest BCUT2D eigenvalue weighted by Crippen LogP contribution is 2.33. The Morgan fingerprint density at radius 2 is 2.14 bits per heavy atom. The van der Waals surface area contributed by atoms with Gasteiger partial charge >= 0.3 is 5.97 Å². The molecule has 4 nitrogen and oxygen atoms in total. The summed E-state index contributed by atoms with van der Waals surface area (Å²) in [6.07, 6.45) is 6.06. The summed E-state index contributed by atoms with van der Waals surface area (Å²) in [6, 6.07) is 2.30. The van der Waals surface area contributed by atoms with Gasteiger partial charge in [0.2, 0.25) is 0 Å². The Kier molecular flexibility index (Phi) is 4.33. The molecule has 0 spiro atoms. The lowest BCUT2D eigenvalue weighted by atomic mass is 9.79. The summed E-state index contributed by atoms with van der Waals surface area (Å²) in [5.41, 5.74) is 0.781. The molecule has 0 radical (unpaired) electrons. The highest BCUT2D eigenvalue weighted by atomic mass is 32.1. The van der Waals surface area contributed by atoms with Gasteiger partial charge in [-0.2, -0.15) is 0 Å². The largest absolute Gasteiger partial charge is 0.481 e. The Hall–Kier alpha value is -0.910. The second-order valence-corrected chi connectivity index (χ2v) is 7.68. The van der Waals surface area contributed by atoms with Gasteiger partial charge in [0.05, 0.1) is 11.5 Å². The molecule has 0 aliphatic heterocycles. The van der Waals surface area contributed by atoms with E-state index in [1.807, 2.05) is 11.3 Å². The third-order valence-corrected chi connectivity index (χ3v) is 6.05. The van der Waals surface area contributed by atoms with Crippen LogP contribution < -0.4 is 5.32 Å². The number of carboxylic acid groups (broad SMARTS) is 1. The van der Waals surface area contributed by atoms with Crippen LogP contribution >= 0.6 is 11.3 Å². The zero-order valence-corrected chi connectivity index (χ0v) is 13.0. The molecule has 116 valence electrons. The van der Waals surface area contributed by atoms with Crippen molar-refractivity contribution in [3.05, 3.63) is 21.4 Å². The number of nitrogens with one attached hydrogen (secondary N) is 1. The first-order valence-electron chi connectivity index (χ1n) is 7.82. The van der Waals surface area contributed by atoms with Gasteiger partial charge in [-0.05, 0) is 56.6 Å². The molecule has 2 aliphatic rings. The SMILES string of the molecule is O=C(O)C1CCC(O)(CNCc2cc3c(s2)CCC3)CC1. The Morgan fingerprint density at radius 3 is 2.81 bits per heavy atom. The van der Waals surface area contributed by atoms with Gasteiger partial charge < -0.3 is 15.5 Å². The summed E-state index contributed by atoms with van der Waals surface area (Å²) in [6.45, 7) is 1.37. The first-order valence-corrected chi connectivity index (χ1v) is 8.64. The molecule has 0 atom stereocenters. The lowest BCUT2D eigenvalue weighted by molar-refractivity contribution is -0.144. The van der Waals surface area contributed by atoms with Gasteiger partial charge in [0.1, 0.15) is 0 Å². The molecular weight excluding hydrogens is 286 g/mol. The number of aryl methyl sites for hydroxylation is 2. The maximum atomic E-state index is 10.9. The fourth-order valence-corrected chi connectivity index (χ4v) is 4.71. The lowest BCUT2D eigenvalue weighted by Gasteiger charge is -2.34. The van der Waals surface area contributed by atoms with Crippen molar-refractivity contribution in [1.82, 2.24) is 5.32 Å². The van der Waals surface area contributed by atoms with Crippen molar-refractivity contribution < 1.29 is 15.0 Å². The number of aliphatic hydroxyl groups is 1. The average Bonchev–Trinajstić information content (AvgIpc) is 3.00. The van der Waals surface area contributed by atoms with Gasteiger partial charge in [0.15, 0.2) is 0 Å². The van der Waals surface area contributed by atoms with Crippen molar-refractivity contribution in [2.24, 2.45) is 5.92 Å². The van der Waals surface area contributed by atoms with Crippen LogP contribution in [0.25, 0.3) is 0 Å². The smallest absolute Gasteiger partial charge is 0.306 e. The molecule has 3 rings (SSSR count). The Morgan fingerprint density at radius 1 is 1.38 bits per heavy atom. The van der Waals surface area contributed by atoms with E-state index >= 15 is 0 Å². The van der Waals surface area contributed by atoms with Crippen LogP contribution in [0.2, 0.25) is 0 Å². The number of rotatable bonds is 5. The van der Waals surface area contributed by atoms with Gasteiger partial charge in [-0.1, -0.05) is 0 Å². The number of aliphatic carboxylic acids is 1. The van der Waals surface area contributed by atoms with E-state index in [1.54, 1.807) is 0 Å². The minimum absolute atomic E-state index is 0.273. The lowest BCUT2D eigenvalue weighted by Crippen LogP contribution is -2.44. The normalized spacial score (nSPS) is 28.5. The number of fused-ring (bicyclic) bond motifs is 1. The average molecular weight is 309 g/mol. The van der Waals surface area contributed by atoms with Crippen LogP contribution in [0, 0.1) is 5.92 Å². The summed E-state index contributed by atoms with van der Waals surface area (Å²) in [7, 11) is 0. The minimum atomic E-state index is -0.730. The van der Waals surface area contributed by atoms with Crippen molar-refractivity contribution >= 4 is 17.3 Å². The molecule has 1 aromatic rings. The first-order chi connectivity index (χ1) is 10.1. The second kappa shape index (κ2) is 6.07. The summed E-state index contributed by atoms with van der Waals surface area (Å²) in [5.74, 6) is -0.997. The van der Waals surface area contributed by atoms with E-state index in [0.29, 0.717) is 32.2 Å². The molecular formula is C16H23NO3S. The van der Waals surface area contributed by atoms with E-state index in [-0.39, 0.29) is 5.92 Å². The summed E-state index contributed by atoms with van der Waals surface area (Å²) < 4.78 is 0. The van der Waals surface area contributed by atoms with E-state index in [1.165, 1.54) is 34.6 Å². The van der Waals surface area contributed by atoms with Crippen molar-refractivity contribution in [1.29, 1.82) is 0 Å². The minimum Gasteiger partial charge on any atom is -0.481 e. The number of hydrogen-bond donors (Lipinski definition) is 3. The standard InChI is InChI=1S/C16H23NO3S/c18-15(19)11-4-6-16(20,7-5-11)10-17-9-13-8-12-2-1-3-14(12)21-13/h8,11,17,20H,1-7,9-10H2,(H,18,19). The Labute approximate surface area is 129 Å². The van der Waals surface area contributed by atoms with Crippen LogP contribution in [0.1, 0.15) is 47.4 Å². The van der Waals surface area contributed by atoms with E-state index in [4.69, 9.17) is 5.11 Å².